The van der Waals surface area contributed by atoms with E-state index >= 15 is 0 Å². The number of carbonyl (C=O) groups excluding carboxylic acids is 1. The summed E-state index contributed by atoms with van der Waals surface area (Å²) in [4.78, 5) is 12.1. The number of hydrogen-bond acceptors (Lipinski definition) is 2. The zero-order valence-corrected chi connectivity index (χ0v) is 11.3. The molecule has 3 nitrogen and oxygen atoms in total. The third-order valence-electron chi connectivity index (χ3n) is 2.31. The van der Waals surface area contributed by atoms with Gasteiger partial charge in [0.2, 0.25) is 0 Å². The number of hydrogen-bond donors (Lipinski definition) is 2. The maximum absolute atomic E-state index is 13.3. The number of carbonyl (C=O) groups is 1. The standard InChI is InChI=1S/C12H14ClFN2OS/c13-8-4-5-10(14)9(7-8)12(17)16-6-2-1-3-11(15)18/h4-5,7H,1-3,6H2,(H2,15,18)(H,16,17). The quantitative estimate of drug-likeness (QED) is 0.625. The number of nitrogens with two attached hydrogens (primary N) is 1. The van der Waals surface area contributed by atoms with Crippen LogP contribution in [0.1, 0.15) is 29.6 Å². The van der Waals surface area contributed by atoms with Gasteiger partial charge < -0.3 is 11.1 Å². The summed E-state index contributed by atoms with van der Waals surface area (Å²) in [6, 6.07) is 3.88. The normalized spacial score (nSPS) is 10.1. The molecule has 0 spiro atoms. The van der Waals surface area contributed by atoms with E-state index in [9.17, 15) is 9.18 Å². The minimum Gasteiger partial charge on any atom is -0.393 e. The first-order chi connectivity index (χ1) is 8.50. The Kier molecular flexibility index (Phi) is 6.01. The first kappa shape index (κ1) is 14.9. The molecule has 0 radical (unpaired) electrons. The lowest BCUT2D eigenvalue weighted by Gasteiger charge is -2.06. The topological polar surface area (TPSA) is 55.1 Å². The van der Waals surface area contributed by atoms with Crippen molar-refractivity contribution in [3.63, 3.8) is 0 Å². The number of thiocarbonyl (C=S) groups is 1. The molecular formula is C12H14ClFN2OS. The molecule has 0 fully saturated rings. The minimum atomic E-state index is -0.583. The van der Waals surface area contributed by atoms with Crippen LogP contribution in [0.2, 0.25) is 5.02 Å². The molecular weight excluding hydrogens is 275 g/mol. The molecule has 98 valence electrons. The van der Waals surface area contributed by atoms with Crippen LogP contribution in [0.15, 0.2) is 18.2 Å². The summed E-state index contributed by atoms with van der Waals surface area (Å²) in [6.07, 6.45) is 2.19. The van der Waals surface area contributed by atoms with Gasteiger partial charge in [-0.2, -0.15) is 0 Å². The average Bonchev–Trinajstić information content (AvgIpc) is 2.31. The monoisotopic (exact) mass is 288 g/mol. The average molecular weight is 289 g/mol. The molecule has 0 aromatic heterocycles. The zero-order valence-electron chi connectivity index (χ0n) is 9.71. The van der Waals surface area contributed by atoms with Crippen LogP contribution < -0.4 is 11.1 Å². The molecule has 0 aliphatic heterocycles. The Balaban J connectivity index is 2.41. The van der Waals surface area contributed by atoms with Crippen LogP contribution in [0.25, 0.3) is 0 Å². The van der Waals surface area contributed by atoms with E-state index < -0.39 is 11.7 Å². The van der Waals surface area contributed by atoms with Crippen molar-refractivity contribution in [1.29, 1.82) is 0 Å². The van der Waals surface area contributed by atoms with Gasteiger partial charge in [0.1, 0.15) is 5.82 Å². The highest BCUT2D eigenvalue weighted by Gasteiger charge is 2.11. The van der Waals surface area contributed by atoms with Gasteiger partial charge in [0, 0.05) is 11.6 Å². The maximum Gasteiger partial charge on any atom is 0.254 e. The van der Waals surface area contributed by atoms with E-state index in [-0.39, 0.29) is 5.56 Å². The number of nitrogens with one attached hydrogen (secondary N) is 1. The van der Waals surface area contributed by atoms with Crippen molar-refractivity contribution < 1.29 is 9.18 Å². The van der Waals surface area contributed by atoms with Crippen LogP contribution >= 0.6 is 23.8 Å². The molecule has 0 aliphatic rings. The molecule has 0 saturated heterocycles. The van der Waals surface area contributed by atoms with Crippen LogP contribution in [0.5, 0.6) is 0 Å². The molecule has 1 aromatic rings. The van der Waals surface area contributed by atoms with Crippen molar-refractivity contribution in [2.24, 2.45) is 5.73 Å². The molecule has 18 heavy (non-hydrogen) atoms. The second kappa shape index (κ2) is 7.28. The predicted molar refractivity (Wildman–Crippen MR) is 74.4 cm³/mol. The Bertz CT molecular complexity index is 454. The highest BCUT2D eigenvalue weighted by atomic mass is 35.5. The largest absolute Gasteiger partial charge is 0.393 e. The second-order valence-corrected chi connectivity index (χ2v) is 4.76. The summed E-state index contributed by atoms with van der Waals surface area (Å²) in [5.74, 6) is -1.05. The molecule has 1 rings (SSSR count). The number of halogens is 2. The van der Waals surface area contributed by atoms with E-state index in [0.29, 0.717) is 23.0 Å². The van der Waals surface area contributed by atoms with Gasteiger partial charge in [0.25, 0.3) is 5.91 Å². The fourth-order valence-electron chi connectivity index (χ4n) is 1.39. The maximum atomic E-state index is 13.3. The Morgan fingerprint density at radius 3 is 2.83 bits per heavy atom. The van der Waals surface area contributed by atoms with E-state index in [1.165, 1.54) is 18.2 Å². The third kappa shape index (κ3) is 4.98. The predicted octanol–water partition coefficient (Wildman–Crippen LogP) is 2.67. The van der Waals surface area contributed by atoms with Gasteiger partial charge in [-0.1, -0.05) is 23.8 Å². The van der Waals surface area contributed by atoms with Gasteiger partial charge in [-0.15, -0.1) is 0 Å². The third-order valence-corrected chi connectivity index (χ3v) is 2.75. The highest BCUT2D eigenvalue weighted by molar-refractivity contribution is 7.80. The van der Waals surface area contributed by atoms with Crippen molar-refractivity contribution >= 4 is 34.7 Å². The van der Waals surface area contributed by atoms with E-state index in [1.54, 1.807) is 0 Å². The van der Waals surface area contributed by atoms with E-state index in [4.69, 9.17) is 29.6 Å². The number of benzene rings is 1. The van der Waals surface area contributed by atoms with Crippen LogP contribution in [-0.2, 0) is 0 Å². The van der Waals surface area contributed by atoms with Gasteiger partial charge in [-0.3, -0.25) is 4.79 Å². The first-order valence-corrected chi connectivity index (χ1v) is 6.31. The van der Waals surface area contributed by atoms with Gasteiger partial charge >= 0.3 is 0 Å². The van der Waals surface area contributed by atoms with Crippen molar-refractivity contribution in [3.8, 4) is 0 Å². The SMILES string of the molecule is NC(=S)CCCCNC(=O)c1cc(Cl)ccc1F. The second-order valence-electron chi connectivity index (χ2n) is 3.80. The van der Waals surface area contributed by atoms with Crippen molar-refractivity contribution in [2.45, 2.75) is 19.3 Å². The molecule has 0 heterocycles. The lowest BCUT2D eigenvalue weighted by molar-refractivity contribution is 0.0949. The minimum absolute atomic E-state index is 0.0446. The summed E-state index contributed by atoms with van der Waals surface area (Å²) in [7, 11) is 0. The van der Waals surface area contributed by atoms with Gasteiger partial charge in [0.05, 0.1) is 10.6 Å². The van der Waals surface area contributed by atoms with Crippen LogP contribution in [-0.4, -0.2) is 17.4 Å². The van der Waals surface area contributed by atoms with Crippen LogP contribution in [0.3, 0.4) is 0 Å². The highest BCUT2D eigenvalue weighted by Crippen LogP contribution is 2.14. The van der Waals surface area contributed by atoms with E-state index in [1.807, 2.05) is 0 Å². The van der Waals surface area contributed by atoms with Crippen molar-refractivity contribution in [2.75, 3.05) is 6.54 Å². The van der Waals surface area contributed by atoms with Crippen molar-refractivity contribution in [1.82, 2.24) is 5.32 Å². The fraction of sp³-hybridized carbons (Fsp3) is 0.333. The smallest absolute Gasteiger partial charge is 0.254 e. The Hall–Kier alpha value is -1.20. The molecule has 1 aromatic carbocycles. The summed E-state index contributed by atoms with van der Waals surface area (Å²) in [6.45, 7) is 0.452. The molecule has 6 heteroatoms. The van der Waals surface area contributed by atoms with Crippen LogP contribution in [0, 0.1) is 5.82 Å². The molecule has 0 atom stereocenters. The first-order valence-electron chi connectivity index (χ1n) is 5.52. The number of rotatable bonds is 6. The molecule has 0 bridgehead atoms. The number of amides is 1. The molecule has 0 saturated carbocycles. The molecule has 0 aliphatic carbocycles. The van der Waals surface area contributed by atoms with Gasteiger partial charge in [-0.05, 0) is 37.5 Å². The summed E-state index contributed by atoms with van der Waals surface area (Å²) in [5.41, 5.74) is 5.30. The summed E-state index contributed by atoms with van der Waals surface area (Å²) in [5, 5.41) is 2.95. The van der Waals surface area contributed by atoms with Gasteiger partial charge in [-0.25, -0.2) is 4.39 Å². The summed E-state index contributed by atoms with van der Waals surface area (Å²) >= 11 is 10.4. The molecule has 3 N–H and O–H groups in total. The van der Waals surface area contributed by atoms with E-state index in [0.717, 1.165) is 12.8 Å². The molecule has 0 unspecified atom stereocenters. The number of unbranched alkanes of at least 4 members (excludes halogenated alkanes) is 1. The summed E-state index contributed by atoms with van der Waals surface area (Å²) < 4.78 is 13.3. The Morgan fingerprint density at radius 1 is 1.44 bits per heavy atom. The van der Waals surface area contributed by atoms with E-state index in [2.05, 4.69) is 5.32 Å². The fourth-order valence-corrected chi connectivity index (χ4v) is 1.71. The molecule has 1 amide bonds. The van der Waals surface area contributed by atoms with Gasteiger partial charge in [0.15, 0.2) is 0 Å². The zero-order chi connectivity index (χ0) is 13.5. The van der Waals surface area contributed by atoms with Crippen LogP contribution in [0.4, 0.5) is 4.39 Å². The Morgan fingerprint density at radius 2 is 2.17 bits per heavy atom. The lowest BCUT2D eigenvalue weighted by Crippen LogP contribution is -2.25. The Labute approximate surface area is 115 Å². The lowest BCUT2D eigenvalue weighted by atomic mass is 10.2. The van der Waals surface area contributed by atoms with Crippen molar-refractivity contribution in [3.05, 3.63) is 34.6 Å².